The van der Waals surface area contributed by atoms with Gasteiger partial charge < -0.3 is 15.3 Å². The normalized spacial score (nSPS) is 43.0. The van der Waals surface area contributed by atoms with Crippen molar-refractivity contribution in [1.82, 2.24) is 4.90 Å². The van der Waals surface area contributed by atoms with Gasteiger partial charge in [-0.2, -0.15) is 13.2 Å². The van der Waals surface area contributed by atoms with E-state index in [2.05, 4.69) is 26.5 Å². The van der Waals surface area contributed by atoms with Crippen molar-refractivity contribution >= 4 is 0 Å². The zero-order valence-electron chi connectivity index (χ0n) is 20.4. The number of β-amino-alcohol motifs (C(OH)–C–C–N with tert-alkyl or cyclic N) is 1. The van der Waals surface area contributed by atoms with Crippen molar-refractivity contribution in [3.05, 3.63) is 35.5 Å². The van der Waals surface area contributed by atoms with Gasteiger partial charge in [0.2, 0.25) is 0 Å². The lowest BCUT2D eigenvalue weighted by molar-refractivity contribution is -0.254. The molecule has 0 amide bonds. The first-order chi connectivity index (χ1) is 15.8. The number of hydrogen-bond donors (Lipinski definition) is 3. The quantitative estimate of drug-likeness (QED) is 0.539. The summed E-state index contributed by atoms with van der Waals surface area (Å²) in [7, 11) is 0. The van der Waals surface area contributed by atoms with Gasteiger partial charge in [-0.15, -0.1) is 0 Å². The Morgan fingerprint density at radius 1 is 1.21 bits per heavy atom. The fraction of sp³-hybridized carbons (Fsp3) is 0.778. The summed E-state index contributed by atoms with van der Waals surface area (Å²) in [6.07, 6.45) is 4.41. The largest absolute Gasteiger partial charge is 0.418 e. The molecule has 4 nitrogen and oxygen atoms in total. The Morgan fingerprint density at radius 3 is 2.62 bits per heavy atom. The van der Waals surface area contributed by atoms with Crippen LogP contribution < -0.4 is 0 Å². The van der Waals surface area contributed by atoms with Crippen LogP contribution in [0.15, 0.2) is 35.5 Å². The summed E-state index contributed by atoms with van der Waals surface area (Å²) in [5, 5.41) is 30.2. The van der Waals surface area contributed by atoms with Gasteiger partial charge in [0.1, 0.15) is 0 Å². The van der Waals surface area contributed by atoms with Crippen molar-refractivity contribution in [2.24, 2.45) is 23.2 Å². The minimum absolute atomic E-state index is 0.116. The second-order valence-corrected chi connectivity index (χ2v) is 11.7. The highest BCUT2D eigenvalue weighted by molar-refractivity contribution is 5.38. The van der Waals surface area contributed by atoms with Crippen LogP contribution in [0.1, 0.15) is 65.2 Å². The Balaban J connectivity index is 1.45. The molecular weight excluding hydrogens is 443 g/mol. The Kier molecular flexibility index (Phi) is 7.15. The molecule has 0 aromatic rings. The number of allylic oxidation sites excluding steroid dienone is 3. The molecule has 0 radical (unpaired) electrons. The van der Waals surface area contributed by atoms with Crippen molar-refractivity contribution in [2.45, 2.75) is 89.2 Å². The Hall–Kier alpha value is -1.15. The predicted molar refractivity (Wildman–Crippen MR) is 126 cm³/mol. The molecule has 4 rings (SSSR count). The molecule has 34 heavy (non-hydrogen) atoms. The lowest BCUT2D eigenvalue weighted by atomic mass is 9.61. The zero-order valence-corrected chi connectivity index (χ0v) is 20.4. The van der Waals surface area contributed by atoms with Crippen LogP contribution in [0.2, 0.25) is 0 Å². The van der Waals surface area contributed by atoms with Gasteiger partial charge in [0.25, 0.3) is 0 Å². The summed E-state index contributed by atoms with van der Waals surface area (Å²) >= 11 is 0. The van der Waals surface area contributed by atoms with E-state index in [0.29, 0.717) is 36.8 Å². The number of alkyl halides is 3. The van der Waals surface area contributed by atoms with Gasteiger partial charge in [0, 0.05) is 26.1 Å². The van der Waals surface area contributed by atoms with Crippen molar-refractivity contribution in [3.8, 4) is 0 Å². The Bertz CT molecular complexity index is 853. The van der Waals surface area contributed by atoms with Crippen molar-refractivity contribution in [1.29, 1.82) is 0 Å². The van der Waals surface area contributed by atoms with E-state index in [9.17, 15) is 28.5 Å². The van der Waals surface area contributed by atoms with Crippen LogP contribution in [-0.2, 0) is 0 Å². The molecule has 0 spiro atoms. The van der Waals surface area contributed by atoms with Crippen molar-refractivity contribution in [2.75, 3.05) is 19.6 Å². The Labute approximate surface area is 201 Å². The monoisotopic (exact) mass is 483 g/mol. The summed E-state index contributed by atoms with van der Waals surface area (Å²) in [6, 6.07) is 0. The third-order valence-corrected chi connectivity index (χ3v) is 9.39. The second kappa shape index (κ2) is 9.38. The molecule has 3 aliphatic carbocycles. The first-order valence-electron chi connectivity index (χ1n) is 12.8. The SMILES string of the molecule is C=C1/C(=C\C=C2/CCC[C@]3(C)[C@@H](C(C)CN4CCC(O)(C(F)(F)F)C4)CC[C@@H]23)C[C@@H](O)C[C@@H]1O. The van der Waals surface area contributed by atoms with E-state index in [1.54, 1.807) is 4.90 Å². The Morgan fingerprint density at radius 2 is 1.94 bits per heavy atom. The summed E-state index contributed by atoms with van der Waals surface area (Å²) < 4.78 is 39.7. The molecule has 1 saturated heterocycles. The third kappa shape index (κ3) is 4.78. The number of halogens is 3. The van der Waals surface area contributed by atoms with E-state index >= 15 is 0 Å². The molecule has 7 atom stereocenters. The topological polar surface area (TPSA) is 63.9 Å². The van der Waals surface area contributed by atoms with Gasteiger partial charge >= 0.3 is 6.18 Å². The number of aliphatic hydroxyl groups excluding tert-OH is 2. The first-order valence-corrected chi connectivity index (χ1v) is 12.8. The molecule has 192 valence electrons. The average Bonchev–Trinajstić information content (AvgIpc) is 3.30. The molecule has 1 heterocycles. The fourth-order valence-electron chi connectivity index (χ4n) is 7.47. The lowest BCUT2D eigenvalue weighted by Crippen LogP contribution is -2.48. The molecule has 0 aromatic heterocycles. The number of hydrogen-bond acceptors (Lipinski definition) is 4. The molecule has 0 bridgehead atoms. The molecular formula is C27H40F3NO3. The van der Waals surface area contributed by atoms with E-state index in [4.69, 9.17) is 0 Å². The number of fused-ring (bicyclic) bond motifs is 1. The highest BCUT2D eigenvalue weighted by Gasteiger charge is 2.57. The number of aliphatic hydroxyl groups is 3. The fourth-order valence-corrected chi connectivity index (χ4v) is 7.47. The number of nitrogens with zero attached hydrogens (tertiary/aromatic N) is 1. The average molecular weight is 484 g/mol. The molecule has 4 fully saturated rings. The van der Waals surface area contributed by atoms with E-state index in [1.807, 2.05) is 6.08 Å². The highest BCUT2D eigenvalue weighted by Crippen LogP contribution is 2.59. The van der Waals surface area contributed by atoms with E-state index in [0.717, 1.165) is 37.7 Å². The smallest absolute Gasteiger partial charge is 0.393 e. The maximum Gasteiger partial charge on any atom is 0.418 e. The first kappa shape index (κ1) is 25.9. The summed E-state index contributed by atoms with van der Waals surface area (Å²) in [5.41, 5.74) is 0.562. The lowest BCUT2D eigenvalue weighted by Gasteiger charge is -2.45. The van der Waals surface area contributed by atoms with Gasteiger partial charge in [0.05, 0.1) is 12.2 Å². The van der Waals surface area contributed by atoms with E-state index < -0.39 is 24.0 Å². The van der Waals surface area contributed by atoms with Crippen molar-refractivity contribution in [3.63, 3.8) is 0 Å². The predicted octanol–water partition coefficient (Wildman–Crippen LogP) is 4.76. The van der Waals surface area contributed by atoms with Gasteiger partial charge in [-0.05, 0) is 79.3 Å². The second-order valence-electron chi connectivity index (χ2n) is 11.7. The maximum absolute atomic E-state index is 13.2. The molecule has 0 aromatic carbocycles. The number of likely N-dealkylation sites (tertiary alicyclic amines) is 1. The van der Waals surface area contributed by atoms with E-state index in [1.165, 1.54) is 5.57 Å². The third-order valence-electron chi connectivity index (χ3n) is 9.39. The molecule has 3 N–H and O–H groups in total. The molecule has 3 saturated carbocycles. The van der Waals surface area contributed by atoms with Gasteiger partial charge in [-0.25, -0.2) is 0 Å². The molecule has 2 unspecified atom stereocenters. The van der Waals surface area contributed by atoms with Crippen LogP contribution in [0.4, 0.5) is 13.2 Å². The van der Waals surface area contributed by atoms with Gasteiger partial charge in [-0.1, -0.05) is 38.2 Å². The van der Waals surface area contributed by atoms with Gasteiger partial charge in [-0.3, -0.25) is 4.90 Å². The number of rotatable bonds is 4. The van der Waals surface area contributed by atoms with Crippen LogP contribution in [0.25, 0.3) is 0 Å². The molecule has 4 aliphatic rings. The van der Waals surface area contributed by atoms with Crippen LogP contribution in [0.3, 0.4) is 0 Å². The van der Waals surface area contributed by atoms with Crippen LogP contribution in [0.5, 0.6) is 0 Å². The molecule has 7 heteroatoms. The highest BCUT2D eigenvalue weighted by atomic mass is 19.4. The van der Waals surface area contributed by atoms with Crippen molar-refractivity contribution < 1.29 is 28.5 Å². The maximum atomic E-state index is 13.2. The van der Waals surface area contributed by atoms with Gasteiger partial charge in [0.15, 0.2) is 5.60 Å². The van der Waals surface area contributed by atoms with Crippen LogP contribution in [0, 0.1) is 23.2 Å². The summed E-state index contributed by atoms with van der Waals surface area (Å²) in [4.78, 5) is 1.80. The van der Waals surface area contributed by atoms with E-state index in [-0.39, 0.29) is 30.8 Å². The standard InChI is InChI=1S/C27H40F3NO3/c1-17(15-31-12-11-26(34,16-31)27(28,29)30)22-8-9-23-19(5-4-10-25(22,23)3)6-7-20-13-21(32)14-24(33)18(20)2/h6-7,17,21-24,32-34H,2,4-5,8-16H2,1,3H3/b19-6+,20-7-/t17?,21-,22-,23+,24+,25-,26?/m1/s1. The molecule has 1 aliphatic heterocycles. The minimum Gasteiger partial charge on any atom is -0.393 e. The van der Waals surface area contributed by atoms with Crippen LogP contribution >= 0.6 is 0 Å². The minimum atomic E-state index is -4.58. The summed E-state index contributed by atoms with van der Waals surface area (Å²) in [6.45, 7) is 9.08. The zero-order chi connectivity index (χ0) is 24.9. The van der Waals surface area contributed by atoms with Crippen LogP contribution in [-0.4, -0.2) is 63.8 Å². The summed E-state index contributed by atoms with van der Waals surface area (Å²) in [5.74, 6) is 1.14.